The molecule has 5 saturated heterocycles. The average Bonchev–Trinajstić information content (AvgIpc) is 1.62. The number of Topliss-reactive ketones (excluding diaryl/α,β-unsaturated/α-hetero) is 1. The van der Waals surface area contributed by atoms with E-state index in [9.17, 15) is 14.7 Å². The summed E-state index contributed by atoms with van der Waals surface area (Å²) in [7, 11) is 0. The lowest BCUT2D eigenvalue weighted by Crippen LogP contribution is -2.59. The number of hydrogen-bond donors (Lipinski definition) is 1. The van der Waals surface area contributed by atoms with Crippen molar-refractivity contribution in [3.05, 3.63) is 125 Å². The molecule has 1 N–H and O–H groups in total. The van der Waals surface area contributed by atoms with Crippen LogP contribution in [0.15, 0.2) is 97.1 Å². The molecule has 19 nitrogen and oxygen atoms in total. The molecule has 1 amide bonds. The number of carbonyl (C=O) groups excluding carboxylic acids is 2. The highest BCUT2D eigenvalue weighted by atomic mass is 17.3. The molecule has 26 aliphatic rings. The molecule has 8 spiro atoms. The first-order valence-corrected chi connectivity index (χ1v) is 54.6. The number of aliphatic hydroxyl groups is 1. The Labute approximate surface area is 792 Å². The van der Waals surface area contributed by atoms with E-state index in [0.29, 0.717) is 95.2 Å². The summed E-state index contributed by atoms with van der Waals surface area (Å²) < 4.78 is 45.4. The number of unbranched alkanes of at least 4 members (excludes halogenated alkanes) is 2. The normalized spacial score (nSPS) is 43.0. The van der Waals surface area contributed by atoms with Crippen LogP contribution in [-0.4, -0.2) is 100 Å². The number of amides is 1. The lowest BCUT2D eigenvalue weighted by Gasteiger charge is -2.57. The van der Waals surface area contributed by atoms with Crippen molar-refractivity contribution in [2.24, 2.45) is 100 Å². The molecule has 21 saturated carbocycles. The number of aryl methyl sites for hydroxylation is 1. The number of rotatable bonds is 17. The maximum atomic E-state index is 12.4. The van der Waals surface area contributed by atoms with Crippen LogP contribution in [-0.2, 0) is 69.3 Å². The zero-order chi connectivity index (χ0) is 90.0. The molecule has 4 aromatic carbocycles. The van der Waals surface area contributed by atoms with Crippen molar-refractivity contribution in [3.63, 3.8) is 0 Å². The Kier molecular flexibility index (Phi) is 25.6. The highest BCUT2D eigenvalue weighted by Gasteiger charge is 2.72. The highest BCUT2D eigenvalue weighted by molar-refractivity contribution is 5.75. The van der Waals surface area contributed by atoms with Gasteiger partial charge in [-0.2, -0.15) is 39.1 Å². The zero-order valence-electron chi connectivity index (χ0n) is 80.8. The molecule has 0 aromatic heterocycles. The van der Waals surface area contributed by atoms with Crippen molar-refractivity contribution < 1.29 is 87.0 Å². The minimum atomic E-state index is -0.655. The van der Waals surface area contributed by atoms with Crippen LogP contribution in [0, 0.1) is 100 Å². The average molecular weight is 1830 g/mol. The molecule has 26 fully saturated rings. The standard InChI is InChI=1S/C31H46O4.C29H40O5.C28H37NO5.C26H34O4/c1-29(2,3)13-5-4-6-15-32-28-11-9-24(10-12-28)25-8-7-14-30(21-25)33-31(35-34-30)26-17-22-16-23(19-26)20-27(31)18-22;30-27(10-2-1-3-11-27)19-31-26-8-6-22(7-9-26)23-5-4-12-28(18-23)32-29(34-33-28)24-14-20-13-21(16-24)17-25(29)15-20;30-26(29-11-2-1-3-12-29)31-25-8-6-21(7-9-25)22-5-4-10-27(18-22)32-28(34-33-27)23-14-19-13-20(16-23)17-24(28)15-19;1-17(27)4-5-18-6-8-21(9-7-18)22-3-2-10-25(16-22)28-26(30-29-25)23-12-19-11-20(14-23)15-24(26)13-19/h9-12,22-23,25-27H,4-8,13-21H2,1-3H3;6-9,20-21,23-25,30H,1-5,10-19H2;6-9,19-20,22-24H,1-5,10-18H2;6-9,19-20,22-24H,2-5,10-16H2,1H3/t22?,23?,25?,26?,27?,30-,31?;20?,21?,23?,24?,25?,28-,29?;19?,20?,22?,23?,24?,27-,28?;19?,20?,22?,23?,24?,25-,26?/m1111/s1. The maximum absolute atomic E-state index is 12.4. The van der Waals surface area contributed by atoms with Crippen LogP contribution in [0.25, 0.3) is 0 Å². The lowest BCUT2D eigenvalue weighted by atomic mass is 9.53. The first-order valence-electron chi connectivity index (χ1n) is 54.6. The van der Waals surface area contributed by atoms with Crippen molar-refractivity contribution in [3.8, 4) is 17.2 Å². The quantitative estimate of drug-likeness (QED) is 0.0773. The van der Waals surface area contributed by atoms with Crippen molar-refractivity contribution in [2.45, 2.75) is 424 Å². The Bertz CT molecular complexity index is 4550. The van der Waals surface area contributed by atoms with Gasteiger partial charge >= 0.3 is 6.09 Å². The van der Waals surface area contributed by atoms with Crippen molar-refractivity contribution >= 4 is 11.9 Å². The topological polar surface area (TPSA) is 196 Å². The van der Waals surface area contributed by atoms with Gasteiger partial charge in [0.05, 0.1) is 12.2 Å². The molecular formula is C114H157NO18. The molecule has 16 bridgehead atoms. The fourth-order valence-corrected chi connectivity index (χ4v) is 32.7. The van der Waals surface area contributed by atoms with E-state index in [2.05, 4.69) is 106 Å². The summed E-state index contributed by atoms with van der Waals surface area (Å²) in [6, 6.07) is 34.3. The van der Waals surface area contributed by atoms with Gasteiger partial charge in [0.25, 0.3) is 0 Å². The van der Waals surface area contributed by atoms with Gasteiger partial charge in [0.1, 0.15) is 29.6 Å². The maximum Gasteiger partial charge on any atom is 0.415 e. The Hall–Kier alpha value is -5.10. The molecule has 5 heterocycles. The predicted octanol–water partition coefficient (Wildman–Crippen LogP) is 26.3. The number of benzene rings is 4. The first-order chi connectivity index (χ1) is 64.5. The molecule has 5 aliphatic heterocycles. The molecule has 8 atom stereocenters. The van der Waals surface area contributed by atoms with Crippen molar-refractivity contribution in [1.29, 1.82) is 0 Å². The second-order valence-corrected chi connectivity index (χ2v) is 49.4. The van der Waals surface area contributed by atoms with Gasteiger partial charge in [0.15, 0.2) is 0 Å². The van der Waals surface area contributed by atoms with Crippen LogP contribution in [0.4, 0.5) is 4.79 Å². The largest absolute Gasteiger partial charge is 0.494 e. The van der Waals surface area contributed by atoms with Gasteiger partial charge in [0, 0.05) is 118 Å². The van der Waals surface area contributed by atoms with E-state index < -0.39 is 51.9 Å². The summed E-state index contributed by atoms with van der Waals surface area (Å²) in [4.78, 5) is 75.1. The van der Waals surface area contributed by atoms with E-state index in [1.807, 2.05) is 17.0 Å². The molecule has 19 heteroatoms. The molecular weight excluding hydrogens is 1670 g/mol. The monoisotopic (exact) mass is 1830 g/mol. The van der Waals surface area contributed by atoms with Crippen LogP contribution in [0.3, 0.4) is 0 Å². The predicted molar refractivity (Wildman–Crippen MR) is 501 cm³/mol. The number of ether oxygens (including phenoxy) is 7. The summed E-state index contributed by atoms with van der Waals surface area (Å²) in [5, 5.41) is 10.7. The Morgan fingerprint density at radius 1 is 0.361 bits per heavy atom. The third-order valence-electron chi connectivity index (χ3n) is 38.7. The van der Waals surface area contributed by atoms with Crippen molar-refractivity contribution in [1.82, 2.24) is 4.90 Å². The summed E-state index contributed by atoms with van der Waals surface area (Å²) in [5.74, 6) is 11.4. The van der Waals surface area contributed by atoms with Gasteiger partial charge in [-0.05, 0) is 379 Å². The fraction of sp³-hybridized carbons (Fsp3) is 0.772. The van der Waals surface area contributed by atoms with E-state index >= 15 is 0 Å². The molecule has 4 aromatic rings. The summed E-state index contributed by atoms with van der Waals surface area (Å²) >= 11 is 0. The van der Waals surface area contributed by atoms with Gasteiger partial charge in [0.2, 0.25) is 46.3 Å². The van der Waals surface area contributed by atoms with E-state index in [1.165, 1.54) is 201 Å². The number of piperidine rings is 1. The van der Waals surface area contributed by atoms with Gasteiger partial charge in [-0.25, -0.2) is 4.79 Å². The number of nitrogens with zero attached hydrogens (tertiary/aromatic N) is 1. The third kappa shape index (κ3) is 18.6. The molecule has 726 valence electrons. The molecule has 30 rings (SSSR count). The van der Waals surface area contributed by atoms with Gasteiger partial charge in [-0.3, -0.25) is 0 Å². The van der Waals surface area contributed by atoms with Crippen LogP contribution in [0.5, 0.6) is 17.2 Å². The summed E-state index contributed by atoms with van der Waals surface area (Å²) in [6.07, 6.45) is 56.7. The van der Waals surface area contributed by atoms with Crippen LogP contribution in [0.2, 0.25) is 0 Å². The summed E-state index contributed by atoms with van der Waals surface area (Å²) in [5.41, 5.74) is 6.33. The molecule has 133 heavy (non-hydrogen) atoms. The van der Waals surface area contributed by atoms with E-state index in [1.54, 1.807) is 6.92 Å². The molecule has 21 aliphatic carbocycles. The first kappa shape index (κ1) is 91.7. The van der Waals surface area contributed by atoms with E-state index in [0.717, 1.165) is 220 Å². The molecule has 4 unspecified atom stereocenters. The molecule has 0 radical (unpaired) electrons. The van der Waals surface area contributed by atoms with Crippen LogP contribution in [0.1, 0.15) is 394 Å². The van der Waals surface area contributed by atoms with Gasteiger partial charge in [-0.15, -0.1) is 0 Å². The highest BCUT2D eigenvalue weighted by Crippen LogP contribution is 2.70. The van der Waals surface area contributed by atoms with E-state index in [4.69, 9.17) is 72.3 Å². The number of ketones is 1. The SMILES string of the molecule is CC(=O)CCc1ccc(C2CCC[C@]3(C2)OOC2(O3)C3CC4CC(C3)CC2C4)cc1.CC(C)(C)CCCCCOc1ccc(C2CCC[C@]3(C2)OOC2(O3)C3CC4CC(C3)CC2C4)cc1.O=C(Oc1ccc(C2CCC[C@]3(C2)OOC2(O3)C3CC4CC(C3)CC2C4)cc1)N1CCCCC1.OC1(COc2ccc(C3CCC[C@]4(C3)OOC3(O4)C4CC5CC(C4)CC3C5)cc2)CCCCC1. The van der Waals surface area contributed by atoms with Crippen molar-refractivity contribution in [2.75, 3.05) is 26.3 Å². The number of hydrogen-bond acceptors (Lipinski definition) is 18. The van der Waals surface area contributed by atoms with Crippen LogP contribution >= 0.6 is 0 Å². The third-order valence-corrected chi connectivity index (χ3v) is 38.7. The summed E-state index contributed by atoms with van der Waals surface area (Å²) in [6.45, 7) is 11.4. The number of carbonyl (C=O) groups is 2. The minimum absolute atomic E-state index is 0.227. The smallest absolute Gasteiger partial charge is 0.415 e. The fourth-order valence-electron chi connectivity index (χ4n) is 32.7. The Morgan fingerprint density at radius 2 is 0.677 bits per heavy atom. The second kappa shape index (κ2) is 37.1. The Balaban J connectivity index is 0.000000100. The van der Waals surface area contributed by atoms with E-state index in [-0.39, 0.29) is 11.9 Å². The minimum Gasteiger partial charge on any atom is -0.494 e. The van der Waals surface area contributed by atoms with Gasteiger partial charge in [-0.1, -0.05) is 114 Å². The second-order valence-electron chi connectivity index (χ2n) is 49.4. The van der Waals surface area contributed by atoms with Gasteiger partial charge < -0.3 is 48.0 Å². The van der Waals surface area contributed by atoms with Crippen LogP contribution < -0.4 is 14.2 Å². The lowest BCUT2D eigenvalue weighted by molar-refractivity contribution is -0.390. The Morgan fingerprint density at radius 3 is 1.01 bits per heavy atom. The zero-order valence-corrected chi connectivity index (χ0v) is 80.8. The number of likely N-dealkylation sites (tertiary alicyclic amines) is 1.